The van der Waals surface area contributed by atoms with Gasteiger partial charge in [0.2, 0.25) is 0 Å². The highest BCUT2D eigenvalue weighted by Crippen LogP contribution is 2.28. The van der Waals surface area contributed by atoms with Crippen molar-refractivity contribution in [1.29, 1.82) is 0 Å². The van der Waals surface area contributed by atoms with E-state index in [9.17, 15) is 0 Å². The molecular weight excluding hydrogens is 317 g/mol. The minimum Gasteiger partial charge on any atom is -0.489 e. The summed E-state index contributed by atoms with van der Waals surface area (Å²) in [5, 5.41) is 4.82. The molecule has 2 rings (SSSR count). The van der Waals surface area contributed by atoms with E-state index in [1.807, 2.05) is 31.3 Å². The first-order valence-electron chi connectivity index (χ1n) is 6.10. The topological polar surface area (TPSA) is 21.3 Å². The molecule has 0 unspecified atom stereocenters. The lowest BCUT2D eigenvalue weighted by Gasteiger charge is -2.13. The summed E-state index contributed by atoms with van der Waals surface area (Å²) < 4.78 is 5.83. The molecule has 0 atom stereocenters. The van der Waals surface area contributed by atoms with E-state index < -0.39 is 0 Å². The van der Waals surface area contributed by atoms with Gasteiger partial charge in [0, 0.05) is 17.1 Å². The van der Waals surface area contributed by atoms with Crippen LogP contribution in [0.2, 0.25) is 15.1 Å². The normalized spacial score (nSPS) is 10.6. The third-order valence-electron chi connectivity index (χ3n) is 2.81. The molecule has 0 heterocycles. The Morgan fingerprint density at radius 1 is 1.00 bits per heavy atom. The van der Waals surface area contributed by atoms with E-state index in [-0.39, 0.29) is 0 Å². The molecule has 0 aliphatic carbocycles. The maximum atomic E-state index is 6.18. The molecule has 2 aromatic rings. The van der Waals surface area contributed by atoms with E-state index >= 15 is 0 Å². The molecule has 1 N–H and O–H groups in total. The third kappa shape index (κ3) is 3.80. The third-order valence-corrected chi connectivity index (χ3v) is 3.90. The average Bonchev–Trinajstić information content (AvgIpc) is 2.43. The molecule has 0 bridgehead atoms. The Morgan fingerprint density at radius 2 is 1.80 bits per heavy atom. The quantitative estimate of drug-likeness (QED) is 0.838. The van der Waals surface area contributed by atoms with Gasteiger partial charge in [-0.25, -0.2) is 0 Å². The van der Waals surface area contributed by atoms with Crippen molar-refractivity contribution in [3.8, 4) is 5.75 Å². The van der Waals surface area contributed by atoms with Crippen LogP contribution >= 0.6 is 34.8 Å². The van der Waals surface area contributed by atoms with Gasteiger partial charge in [-0.1, -0.05) is 46.9 Å². The largest absolute Gasteiger partial charge is 0.489 e. The van der Waals surface area contributed by atoms with Gasteiger partial charge < -0.3 is 10.1 Å². The number of nitrogens with one attached hydrogen (secondary N) is 1. The molecule has 0 saturated carbocycles. The summed E-state index contributed by atoms with van der Waals surface area (Å²) in [7, 11) is 1.87. The first kappa shape index (κ1) is 15.5. The zero-order valence-corrected chi connectivity index (χ0v) is 13.2. The molecule has 0 fully saturated rings. The van der Waals surface area contributed by atoms with Crippen molar-refractivity contribution in [2.45, 2.75) is 13.2 Å². The van der Waals surface area contributed by atoms with Crippen molar-refractivity contribution in [2.24, 2.45) is 0 Å². The predicted octanol–water partition coefficient (Wildman–Crippen LogP) is 4.95. The Bertz CT molecular complexity index is 602. The Labute approximate surface area is 133 Å². The van der Waals surface area contributed by atoms with Crippen molar-refractivity contribution < 1.29 is 4.74 Å². The molecule has 0 aromatic heterocycles. The number of ether oxygens (including phenoxy) is 1. The maximum Gasteiger partial charge on any atom is 0.125 e. The van der Waals surface area contributed by atoms with Crippen molar-refractivity contribution in [1.82, 2.24) is 5.32 Å². The summed E-state index contributed by atoms with van der Waals surface area (Å²) in [6, 6.07) is 11.1. The molecule has 0 aliphatic heterocycles. The molecule has 0 spiro atoms. The van der Waals surface area contributed by atoms with Crippen LogP contribution in [0.3, 0.4) is 0 Å². The van der Waals surface area contributed by atoms with Crippen molar-refractivity contribution in [2.75, 3.05) is 7.05 Å². The fraction of sp³-hybridized carbons (Fsp3) is 0.200. The second kappa shape index (κ2) is 7.19. The fourth-order valence-corrected chi connectivity index (χ4v) is 2.37. The molecular formula is C15H14Cl3NO. The van der Waals surface area contributed by atoms with Crippen LogP contribution in [0.25, 0.3) is 0 Å². The molecule has 106 valence electrons. The Balaban J connectivity index is 2.14. The van der Waals surface area contributed by atoms with E-state index in [4.69, 9.17) is 39.5 Å². The van der Waals surface area contributed by atoms with Crippen LogP contribution in [-0.4, -0.2) is 7.05 Å². The number of halogens is 3. The molecule has 2 aromatic carbocycles. The van der Waals surface area contributed by atoms with Gasteiger partial charge in [-0.05, 0) is 36.9 Å². The minimum absolute atomic E-state index is 0.411. The van der Waals surface area contributed by atoms with Gasteiger partial charge in [0.1, 0.15) is 12.4 Å². The zero-order valence-electron chi connectivity index (χ0n) is 10.9. The minimum atomic E-state index is 0.411. The summed E-state index contributed by atoms with van der Waals surface area (Å²) in [6.45, 7) is 1.06. The Hall–Kier alpha value is -0.930. The van der Waals surface area contributed by atoms with Crippen molar-refractivity contribution in [3.05, 3.63) is 62.6 Å². The van der Waals surface area contributed by atoms with E-state index in [0.29, 0.717) is 28.2 Å². The van der Waals surface area contributed by atoms with Crippen molar-refractivity contribution >= 4 is 34.8 Å². The molecule has 5 heteroatoms. The number of rotatable bonds is 5. The van der Waals surface area contributed by atoms with E-state index in [0.717, 1.165) is 16.9 Å². The van der Waals surface area contributed by atoms with Gasteiger partial charge in [-0.15, -0.1) is 0 Å². The molecule has 0 amide bonds. The van der Waals surface area contributed by atoms with Gasteiger partial charge >= 0.3 is 0 Å². The van der Waals surface area contributed by atoms with Gasteiger partial charge in [-0.2, -0.15) is 0 Å². The summed E-state index contributed by atoms with van der Waals surface area (Å²) in [6.07, 6.45) is 0. The van der Waals surface area contributed by atoms with Gasteiger partial charge in [0.05, 0.1) is 10.0 Å². The molecule has 0 saturated heterocycles. The highest BCUT2D eigenvalue weighted by atomic mass is 35.5. The summed E-state index contributed by atoms with van der Waals surface area (Å²) in [5.41, 5.74) is 1.89. The fourth-order valence-electron chi connectivity index (χ4n) is 1.81. The number of benzene rings is 2. The van der Waals surface area contributed by atoms with Crippen LogP contribution in [-0.2, 0) is 13.2 Å². The maximum absolute atomic E-state index is 6.18. The van der Waals surface area contributed by atoms with Gasteiger partial charge in [-0.3, -0.25) is 0 Å². The first-order valence-corrected chi connectivity index (χ1v) is 7.24. The second-order valence-corrected chi connectivity index (χ2v) is 5.51. The summed E-state index contributed by atoms with van der Waals surface area (Å²) in [4.78, 5) is 0. The predicted molar refractivity (Wildman–Crippen MR) is 85.0 cm³/mol. The Morgan fingerprint density at radius 3 is 2.50 bits per heavy atom. The standard InChI is InChI=1S/C15H14Cl3NO/c1-19-8-11-12(16)3-2-4-15(11)20-9-10-5-6-13(17)14(18)7-10/h2-7,19H,8-9H2,1H3. The lowest BCUT2D eigenvalue weighted by atomic mass is 10.2. The van der Waals surface area contributed by atoms with Crippen LogP contribution in [0.15, 0.2) is 36.4 Å². The summed E-state index contributed by atoms with van der Waals surface area (Å²) in [5.74, 6) is 0.762. The van der Waals surface area contributed by atoms with E-state index in [2.05, 4.69) is 5.32 Å². The monoisotopic (exact) mass is 329 g/mol. The smallest absolute Gasteiger partial charge is 0.125 e. The van der Waals surface area contributed by atoms with Crippen LogP contribution in [0.1, 0.15) is 11.1 Å². The van der Waals surface area contributed by atoms with E-state index in [1.165, 1.54) is 0 Å². The lowest BCUT2D eigenvalue weighted by molar-refractivity contribution is 0.302. The van der Waals surface area contributed by atoms with Crippen LogP contribution < -0.4 is 10.1 Å². The lowest BCUT2D eigenvalue weighted by Crippen LogP contribution is -2.08. The highest BCUT2D eigenvalue weighted by Gasteiger charge is 2.08. The molecule has 20 heavy (non-hydrogen) atoms. The first-order chi connectivity index (χ1) is 9.61. The zero-order chi connectivity index (χ0) is 14.5. The molecule has 0 aliphatic rings. The molecule has 0 radical (unpaired) electrons. The van der Waals surface area contributed by atoms with Gasteiger partial charge in [0.25, 0.3) is 0 Å². The number of hydrogen-bond donors (Lipinski definition) is 1. The average molecular weight is 331 g/mol. The highest BCUT2D eigenvalue weighted by molar-refractivity contribution is 6.42. The van der Waals surface area contributed by atoms with E-state index in [1.54, 1.807) is 12.1 Å². The summed E-state index contributed by atoms with van der Waals surface area (Å²) >= 11 is 18.0. The van der Waals surface area contributed by atoms with Crippen LogP contribution in [0.4, 0.5) is 0 Å². The van der Waals surface area contributed by atoms with Crippen LogP contribution in [0.5, 0.6) is 5.75 Å². The van der Waals surface area contributed by atoms with Crippen LogP contribution in [0, 0.1) is 0 Å². The second-order valence-electron chi connectivity index (χ2n) is 4.28. The Kier molecular flexibility index (Phi) is 5.55. The van der Waals surface area contributed by atoms with Crippen molar-refractivity contribution in [3.63, 3.8) is 0 Å². The number of hydrogen-bond acceptors (Lipinski definition) is 2. The molecule has 2 nitrogen and oxygen atoms in total. The van der Waals surface area contributed by atoms with Gasteiger partial charge in [0.15, 0.2) is 0 Å². The SMILES string of the molecule is CNCc1c(Cl)cccc1OCc1ccc(Cl)c(Cl)c1.